The summed E-state index contributed by atoms with van der Waals surface area (Å²) in [5, 5.41) is 16.2. The Morgan fingerprint density at radius 1 is 1.40 bits per heavy atom. The van der Waals surface area contributed by atoms with Crippen molar-refractivity contribution < 1.29 is 14.1 Å². The van der Waals surface area contributed by atoms with E-state index in [1.54, 1.807) is 19.2 Å². The van der Waals surface area contributed by atoms with Crippen molar-refractivity contribution in [3.63, 3.8) is 0 Å². The third-order valence-electron chi connectivity index (χ3n) is 2.73. The Balaban J connectivity index is 2.12. The number of nitrogens with zero attached hydrogens (tertiary/aromatic N) is 1. The van der Waals surface area contributed by atoms with E-state index in [1.807, 2.05) is 0 Å². The van der Waals surface area contributed by atoms with Gasteiger partial charge in [-0.05, 0) is 24.3 Å². The molecule has 7 nitrogen and oxygen atoms in total. The van der Waals surface area contributed by atoms with Crippen molar-refractivity contribution >= 4 is 17.3 Å². The van der Waals surface area contributed by atoms with Gasteiger partial charge in [0.15, 0.2) is 0 Å². The number of furan rings is 1. The van der Waals surface area contributed by atoms with E-state index in [1.165, 1.54) is 24.5 Å². The topological polar surface area (TPSA) is 97.4 Å². The molecule has 2 rings (SSSR count). The maximum atomic E-state index is 11.9. The van der Waals surface area contributed by atoms with Crippen molar-refractivity contribution in [2.45, 2.75) is 6.54 Å². The average Bonchev–Trinajstić information content (AvgIpc) is 2.97. The Morgan fingerprint density at radius 2 is 2.20 bits per heavy atom. The maximum absolute atomic E-state index is 11.9. The number of nitro benzene ring substituents is 1. The Hall–Kier alpha value is -2.83. The van der Waals surface area contributed by atoms with Gasteiger partial charge in [-0.1, -0.05) is 0 Å². The minimum atomic E-state index is -0.504. The van der Waals surface area contributed by atoms with Crippen LogP contribution >= 0.6 is 0 Å². The number of amides is 1. The molecule has 0 unspecified atom stereocenters. The highest BCUT2D eigenvalue weighted by molar-refractivity contribution is 5.95. The van der Waals surface area contributed by atoms with Crippen molar-refractivity contribution in [1.82, 2.24) is 5.32 Å². The van der Waals surface area contributed by atoms with Crippen LogP contribution in [0, 0.1) is 10.1 Å². The number of hydrogen-bond acceptors (Lipinski definition) is 5. The van der Waals surface area contributed by atoms with Crippen LogP contribution < -0.4 is 10.6 Å². The van der Waals surface area contributed by atoms with E-state index in [9.17, 15) is 14.9 Å². The highest BCUT2D eigenvalue weighted by atomic mass is 16.6. The van der Waals surface area contributed by atoms with Crippen LogP contribution in [0.25, 0.3) is 0 Å². The summed E-state index contributed by atoms with van der Waals surface area (Å²) >= 11 is 0. The first-order chi connectivity index (χ1) is 9.61. The van der Waals surface area contributed by atoms with Gasteiger partial charge in [0.2, 0.25) is 0 Å². The van der Waals surface area contributed by atoms with E-state index in [0.29, 0.717) is 17.0 Å². The van der Waals surface area contributed by atoms with Gasteiger partial charge in [0.1, 0.15) is 11.4 Å². The predicted molar refractivity (Wildman–Crippen MR) is 72.5 cm³/mol. The highest BCUT2D eigenvalue weighted by Crippen LogP contribution is 2.24. The van der Waals surface area contributed by atoms with Gasteiger partial charge in [0, 0.05) is 18.7 Å². The molecule has 2 aromatic rings. The minimum absolute atomic E-state index is 0.0740. The lowest BCUT2D eigenvalue weighted by molar-refractivity contribution is -0.383. The predicted octanol–water partition coefficient (Wildman–Crippen LogP) is 2.16. The van der Waals surface area contributed by atoms with Crippen molar-refractivity contribution in [3.05, 3.63) is 58.0 Å². The molecule has 1 heterocycles. The number of nitro groups is 1. The van der Waals surface area contributed by atoms with Crippen LogP contribution in [0.3, 0.4) is 0 Å². The van der Waals surface area contributed by atoms with Gasteiger partial charge in [-0.2, -0.15) is 0 Å². The normalized spacial score (nSPS) is 10.1. The quantitative estimate of drug-likeness (QED) is 0.643. The summed E-state index contributed by atoms with van der Waals surface area (Å²) in [6.45, 7) is 0.262. The second-order valence-electron chi connectivity index (χ2n) is 4.00. The molecule has 0 aliphatic heterocycles. The molecule has 0 spiro atoms. The summed E-state index contributed by atoms with van der Waals surface area (Å²) in [4.78, 5) is 22.2. The number of hydrogen-bond donors (Lipinski definition) is 2. The van der Waals surface area contributed by atoms with E-state index in [0.717, 1.165) is 0 Å². The van der Waals surface area contributed by atoms with Gasteiger partial charge < -0.3 is 15.1 Å². The fourth-order valence-electron chi connectivity index (χ4n) is 1.72. The second kappa shape index (κ2) is 5.87. The number of rotatable bonds is 5. The zero-order chi connectivity index (χ0) is 14.5. The summed E-state index contributed by atoms with van der Waals surface area (Å²) in [5.74, 6) is 0.307. The molecule has 104 valence electrons. The number of anilines is 1. The first-order valence-electron chi connectivity index (χ1n) is 5.88. The van der Waals surface area contributed by atoms with Crippen molar-refractivity contribution in [2.75, 3.05) is 12.4 Å². The molecule has 0 saturated carbocycles. The average molecular weight is 275 g/mol. The fourth-order valence-corrected chi connectivity index (χ4v) is 1.72. The summed E-state index contributed by atoms with van der Waals surface area (Å²) < 4.78 is 5.10. The minimum Gasteiger partial charge on any atom is -0.467 e. The zero-order valence-corrected chi connectivity index (χ0v) is 10.8. The maximum Gasteiger partial charge on any atom is 0.292 e. The standard InChI is InChI=1S/C13H13N3O4/c1-14-11-7-9(4-5-12(11)16(18)19)13(17)15-8-10-3-2-6-20-10/h2-7,14H,8H2,1H3,(H,15,17). The molecule has 1 aromatic heterocycles. The first-order valence-corrected chi connectivity index (χ1v) is 5.88. The lowest BCUT2D eigenvalue weighted by Crippen LogP contribution is -2.22. The molecule has 20 heavy (non-hydrogen) atoms. The molecule has 0 saturated heterocycles. The smallest absolute Gasteiger partial charge is 0.292 e. The van der Waals surface area contributed by atoms with Crippen LogP contribution in [0.1, 0.15) is 16.1 Å². The molecule has 1 amide bonds. The largest absolute Gasteiger partial charge is 0.467 e. The van der Waals surface area contributed by atoms with E-state index >= 15 is 0 Å². The van der Waals surface area contributed by atoms with Crippen molar-refractivity contribution in [2.24, 2.45) is 0 Å². The number of carbonyl (C=O) groups excluding carboxylic acids is 1. The number of benzene rings is 1. The highest BCUT2D eigenvalue weighted by Gasteiger charge is 2.15. The zero-order valence-electron chi connectivity index (χ0n) is 10.8. The molecule has 7 heteroatoms. The molecular formula is C13H13N3O4. The van der Waals surface area contributed by atoms with Gasteiger partial charge in [-0.25, -0.2) is 0 Å². The summed E-state index contributed by atoms with van der Waals surface area (Å²) in [7, 11) is 1.56. The molecule has 1 aromatic carbocycles. The molecule has 0 aliphatic rings. The molecule has 0 aliphatic carbocycles. The monoisotopic (exact) mass is 275 g/mol. The van der Waals surface area contributed by atoms with E-state index in [4.69, 9.17) is 4.42 Å². The molecule has 0 fully saturated rings. The van der Waals surface area contributed by atoms with Crippen LogP contribution in [0.4, 0.5) is 11.4 Å². The number of nitrogens with one attached hydrogen (secondary N) is 2. The summed E-state index contributed by atoms with van der Waals surface area (Å²) in [5.41, 5.74) is 0.558. The lowest BCUT2D eigenvalue weighted by atomic mass is 10.1. The molecule has 0 bridgehead atoms. The Labute approximate surface area is 114 Å². The summed E-state index contributed by atoms with van der Waals surface area (Å²) in [6.07, 6.45) is 1.52. The van der Waals surface area contributed by atoms with Crippen LogP contribution in [0.2, 0.25) is 0 Å². The van der Waals surface area contributed by atoms with E-state index < -0.39 is 4.92 Å². The van der Waals surface area contributed by atoms with E-state index in [-0.39, 0.29) is 18.1 Å². The molecule has 0 radical (unpaired) electrons. The van der Waals surface area contributed by atoms with Crippen LogP contribution in [0.5, 0.6) is 0 Å². The lowest BCUT2D eigenvalue weighted by Gasteiger charge is -2.06. The third kappa shape index (κ3) is 2.94. The second-order valence-corrected chi connectivity index (χ2v) is 4.00. The van der Waals surface area contributed by atoms with Crippen LogP contribution in [-0.4, -0.2) is 17.9 Å². The van der Waals surface area contributed by atoms with Gasteiger partial charge in [-0.15, -0.1) is 0 Å². The third-order valence-corrected chi connectivity index (χ3v) is 2.73. The Bertz CT molecular complexity index is 623. The van der Waals surface area contributed by atoms with Crippen LogP contribution in [0.15, 0.2) is 41.0 Å². The SMILES string of the molecule is CNc1cc(C(=O)NCc2ccco2)ccc1[N+](=O)[O-]. The fraction of sp³-hybridized carbons (Fsp3) is 0.154. The number of carbonyl (C=O) groups is 1. The Kier molecular flexibility index (Phi) is 3.99. The van der Waals surface area contributed by atoms with Crippen LogP contribution in [-0.2, 0) is 6.54 Å². The summed E-state index contributed by atoms with van der Waals surface area (Å²) in [6, 6.07) is 7.63. The van der Waals surface area contributed by atoms with Crippen molar-refractivity contribution in [3.8, 4) is 0 Å². The first kappa shape index (κ1) is 13.6. The molecular weight excluding hydrogens is 262 g/mol. The van der Waals surface area contributed by atoms with Gasteiger partial charge in [0.25, 0.3) is 11.6 Å². The van der Waals surface area contributed by atoms with E-state index in [2.05, 4.69) is 10.6 Å². The van der Waals surface area contributed by atoms with Gasteiger partial charge >= 0.3 is 0 Å². The van der Waals surface area contributed by atoms with Gasteiger partial charge in [0.05, 0.1) is 17.7 Å². The molecule has 2 N–H and O–H groups in total. The van der Waals surface area contributed by atoms with Crippen molar-refractivity contribution in [1.29, 1.82) is 0 Å². The van der Waals surface area contributed by atoms with Gasteiger partial charge in [-0.3, -0.25) is 14.9 Å². The Morgan fingerprint density at radius 3 is 2.80 bits per heavy atom. The molecule has 0 atom stereocenters.